The molecule has 0 N–H and O–H groups in total. The van der Waals surface area contributed by atoms with Crippen LogP contribution in [0.3, 0.4) is 0 Å². The number of nitrogens with zero attached hydrogens (tertiary/aromatic N) is 4. The van der Waals surface area contributed by atoms with Crippen molar-refractivity contribution in [1.29, 1.82) is 0 Å². The van der Waals surface area contributed by atoms with Crippen molar-refractivity contribution in [1.82, 2.24) is 9.97 Å². The summed E-state index contributed by atoms with van der Waals surface area (Å²) in [6, 6.07) is 0. The molecule has 0 atom stereocenters. The van der Waals surface area contributed by atoms with Crippen LogP contribution in [0.4, 0.5) is 10.3 Å². The van der Waals surface area contributed by atoms with Crippen LogP contribution >= 0.6 is 22.7 Å². The molecule has 3 heterocycles. The van der Waals surface area contributed by atoms with Gasteiger partial charge in [0.1, 0.15) is 0 Å². The predicted octanol–water partition coefficient (Wildman–Crippen LogP) is 1.99. The Balaban J connectivity index is 1.45. The third-order valence-electron chi connectivity index (χ3n) is 4.15. The van der Waals surface area contributed by atoms with Gasteiger partial charge in [-0.3, -0.25) is 0 Å². The van der Waals surface area contributed by atoms with Gasteiger partial charge in [-0.25, -0.2) is 9.97 Å². The second-order valence-corrected chi connectivity index (χ2v) is 7.80. The summed E-state index contributed by atoms with van der Waals surface area (Å²) in [5.74, 6) is 0. The minimum absolute atomic E-state index is 0.586. The molecule has 8 nitrogen and oxygen atoms in total. The van der Waals surface area contributed by atoms with E-state index >= 15 is 0 Å². The average Bonchev–Trinajstić information content (AvgIpc) is 3.42. The van der Waals surface area contributed by atoms with Gasteiger partial charge in [-0.15, -0.1) is 22.7 Å². The van der Waals surface area contributed by atoms with Crippen LogP contribution < -0.4 is 9.80 Å². The molecule has 156 valence electrons. The molecular formula is C18H28N4O4S2. The van der Waals surface area contributed by atoms with Crippen LogP contribution in [0.2, 0.25) is 0 Å². The zero-order valence-corrected chi connectivity index (χ0v) is 17.7. The first kappa shape index (κ1) is 21.4. The molecule has 1 saturated heterocycles. The van der Waals surface area contributed by atoms with Crippen molar-refractivity contribution in [2.75, 3.05) is 88.8 Å². The average molecular weight is 429 g/mol. The molecule has 28 heavy (non-hydrogen) atoms. The summed E-state index contributed by atoms with van der Waals surface area (Å²) in [5, 5.41) is 5.96. The second-order valence-electron chi connectivity index (χ2n) is 6.05. The quantitative estimate of drug-likeness (QED) is 0.719. The minimum atomic E-state index is 0.586. The summed E-state index contributed by atoms with van der Waals surface area (Å²) in [4.78, 5) is 13.2. The van der Waals surface area contributed by atoms with Crippen molar-refractivity contribution in [3.05, 3.63) is 23.2 Å². The topological polar surface area (TPSA) is 69.2 Å². The van der Waals surface area contributed by atoms with Gasteiger partial charge in [-0.1, -0.05) is 0 Å². The first-order valence-corrected chi connectivity index (χ1v) is 11.3. The Morgan fingerprint density at radius 3 is 1.21 bits per heavy atom. The molecule has 0 amide bonds. The van der Waals surface area contributed by atoms with Crippen LogP contribution in [0.25, 0.3) is 0 Å². The van der Waals surface area contributed by atoms with Gasteiger partial charge in [0.05, 0.1) is 52.9 Å². The first-order chi connectivity index (χ1) is 13.9. The number of rotatable bonds is 2. The van der Waals surface area contributed by atoms with Gasteiger partial charge in [0.2, 0.25) is 0 Å². The third kappa shape index (κ3) is 7.61. The zero-order chi connectivity index (χ0) is 19.3. The molecule has 2 aromatic heterocycles. The molecule has 1 fully saturated rings. The molecule has 3 rings (SSSR count). The summed E-state index contributed by atoms with van der Waals surface area (Å²) in [6.45, 7) is 8.02. The lowest BCUT2D eigenvalue weighted by atomic mass is 10.5. The summed E-state index contributed by atoms with van der Waals surface area (Å²) in [7, 11) is 0. The van der Waals surface area contributed by atoms with E-state index in [0.29, 0.717) is 52.9 Å². The highest BCUT2D eigenvalue weighted by Gasteiger charge is 2.11. The lowest BCUT2D eigenvalue weighted by Crippen LogP contribution is -2.33. The van der Waals surface area contributed by atoms with Gasteiger partial charge in [0, 0.05) is 49.3 Å². The number of hydrogen-bond acceptors (Lipinski definition) is 10. The highest BCUT2D eigenvalue weighted by Crippen LogP contribution is 2.17. The maximum atomic E-state index is 5.73. The van der Waals surface area contributed by atoms with E-state index in [4.69, 9.17) is 18.9 Å². The molecule has 10 heteroatoms. The largest absolute Gasteiger partial charge is 0.377 e. The minimum Gasteiger partial charge on any atom is -0.377 e. The number of anilines is 2. The Labute approximate surface area is 174 Å². The number of aromatic nitrogens is 2. The number of ether oxygens (including phenoxy) is 4. The summed E-state index contributed by atoms with van der Waals surface area (Å²) >= 11 is 3.26. The van der Waals surface area contributed by atoms with E-state index in [1.165, 1.54) is 0 Å². The number of hydrogen-bond donors (Lipinski definition) is 0. The molecule has 1 aliphatic heterocycles. The van der Waals surface area contributed by atoms with Gasteiger partial charge in [-0.05, 0) is 0 Å². The molecule has 0 radical (unpaired) electrons. The van der Waals surface area contributed by atoms with Crippen molar-refractivity contribution < 1.29 is 18.9 Å². The van der Waals surface area contributed by atoms with E-state index < -0.39 is 0 Å². The Morgan fingerprint density at radius 1 is 0.571 bits per heavy atom. The second kappa shape index (κ2) is 13.0. The highest BCUT2D eigenvalue weighted by atomic mass is 32.1. The molecule has 0 aliphatic carbocycles. The van der Waals surface area contributed by atoms with E-state index in [1.54, 1.807) is 22.7 Å². The Kier molecular flexibility index (Phi) is 9.96. The molecule has 0 unspecified atom stereocenters. The van der Waals surface area contributed by atoms with Crippen LogP contribution in [0.5, 0.6) is 0 Å². The third-order valence-corrected chi connectivity index (χ3v) is 5.81. The Morgan fingerprint density at radius 2 is 0.929 bits per heavy atom. The van der Waals surface area contributed by atoms with Gasteiger partial charge < -0.3 is 28.7 Å². The van der Waals surface area contributed by atoms with Crippen molar-refractivity contribution in [3.63, 3.8) is 0 Å². The Hall–Kier alpha value is -1.30. The van der Waals surface area contributed by atoms with Crippen LogP contribution in [0.15, 0.2) is 23.2 Å². The smallest absolute Gasteiger partial charge is 0.185 e. The normalized spacial score (nSPS) is 19.9. The Bertz CT molecular complexity index is 541. The molecule has 0 spiro atoms. The highest BCUT2D eigenvalue weighted by molar-refractivity contribution is 7.13. The van der Waals surface area contributed by atoms with Gasteiger partial charge in [0.15, 0.2) is 10.3 Å². The summed E-state index contributed by atoms with van der Waals surface area (Å²) in [6.07, 6.45) is 3.65. The standard InChI is InChI=1S/C18H28N4O4S2/c1-15-27-17(19-1)21-3-7-23-11-13-25-9-5-22(18-20-2-16-28-18)6-10-26-14-12-24-8-4-21/h1-2,15-16H,3-14H2. The van der Waals surface area contributed by atoms with Crippen LogP contribution in [0, 0.1) is 0 Å². The van der Waals surface area contributed by atoms with Crippen molar-refractivity contribution in [3.8, 4) is 0 Å². The number of thiazole rings is 2. The lowest BCUT2D eigenvalue weighted by Gasteiger charge is -2.23. The van der Waals surface area contributed by atoms with Gasteiger partial charge in [0.25, 0.3) is 0 Å². The van der Waals surface area contributed by atoms with Gasteiger partial charge >= 0.3 is 0 Å². The van der Waals surface area contributed by atoms with Crippen LogP contribution in [-0.2, 0) is 18.9 Å². The first-order valence-electron chi connectivity index (χ1n) is 9.53. The summed E-state index contributed by atoms with van der Waals surface area (Å²) < 4.78 is 22.9. The molecular weight excluding hydrogens is 400 g/mol. The van der Waals surface area contributed by atoms with Crippen molar-refractivity contribution in [2.45, 2.75) is 0 Å². The van der Waals surface area contributed by atoms with Crippen molar-refractivity contribution >= 4 is 32.9 Å². The fourth-order valence-corrected chi connectivity index (χ4v) is 4.09. The molecule has 1 aliphatic rings. The fraction of sp³-hybridized carbons (Fsp3) is 0.667. The van der Waals surface area contributed by atoms with E-state index in [0.717, 1.165) is 36.4 Å². The van der Waals surface area contributed by atoms with Crippen LogP contribution in [-0.4, -0.2) is 89.0 Å². The van der Waals surface area contributed by atoms with Crippen LogP contribution in [0.1, 0.15) is 0 Å². The monoisotopic (exact) mass is 428 g/mol. The fourth-order valence-electron chi connectivity index (χ4n) is 2.69. The predicted molar refractivity (Wildman–Crippen MR) is 112 cm³/mol. The molecule has 2 aromatic rings. The van der Waals surface area contributed by atoms with E-state index in [-0.39, 0.29) is 0 Å². The van der Waals surface area contributed by atoms with E-state index in [2.05, 4.69) is 19.8 Å². The van der Waals surface area contributed by atoms with E-state index in [1.807, 2.05) is 23.2 Å². The van der Waals surface area contributed by atoms with E-state index in [9.17, 15) is 0 Å². The lowest BCUT2D eigenvalue weighted by molar-refractivity contribution is 0.0436. The zero-order valence-electron chi connectivity index (χ0n) is 16.0. The maximum absolute atomic E-state index is 5.73. The molecule has 0 aromatic carbocycles. The van der Waals surface area contributed by atoms with Gasteiger partial charge in [-0.2, -0.15) is 0 Å². The molecule has 0 saturated carbocycles. The summed E-state index contributed by atoms with van der Waals surface area (Å²) in [5.41, 5.74) is 0. The SMILES string of the molecule is c1csc(N2CCOCCOCCN(c3nccs3)CCOCCOCC2)n1. The van der Waals surface area contributed by atoms with Crippen molar-refractivity contribution in [2.24, 2.45) is 0 Å². The maximum Gasteiger partial charge on any atom is 0.185 e. The molecule has 0 bridgehead atoms.